The number of nitrogens with one attached hydrogen (secondary N) is 2. The van der Waals surface area contributed by atoms with Crippen LogP contribution >= 0.6 is 11.6 Å². The van der Waals surface area contributed by atoms with E-state index in [1.807, 2.05) is 6.92 Å². The van der Waals surface area contributed by atoms with Gasteiger partial charge in [0.2, 0.25) is 0 Å². The van der Waals surface area contributed by atoms with Crippen LogP contribution in [0, 0.1) is 0 Å². The molecule has 5 nitrogen and oxygen atoms in total. The first-order chi connectivity index (χ1) is 9.20. The SMILES string of the molecule is CCNc1cc(C(=O)NCc2ccco2)c(Cl)cn1. The quantitative estimate of drug-likeness (QED) is 0.883. The fraction of sp³-hybridized carbons (Fsp3) is 0.231. The largest absolute Gasteiger partial charge is 0.467 e. The van der Waals surface area contributed by atoms with E-state index in [9.17, 15) is 4.79 Å². The lowest BCUT2D eigenvalue weighted by molar-refractivity contribution is 0.0948. The molecule has 0 unspecified atom stereocenters. The van der Waals surface area contributed by atoms with Gasteiger partial charge in [-0.1, -0.05) is 11.6 Å². The minimum Gasteiger partial charge on any atom is -0.467 e. The molecule has 2 heterocycles. The zero-order chi connectivity index (χ0) is 13.7. The van der Waals surface area contributed by atoms with Crippen molar-refractivity contribution in [2.75, 3.05) is 11.9 Å². The van der Waals surface area contributed by atoms with Crippen LogP contribution in [-0.4, -0.2) is 17.4 Å². The van der Waals surface area contributed by atoms with E-state index < -0.39 is 0 Å². The molecule has 0 spiro atoms. The number of pyridine rings is 1. The third-order valence-electron chi connectivity index (χ3n) is 2.46. The maximum absolute atomic E-state index is 12.0. The van der Waals surface area contributed by atoms with Crippen LogP contribution < -0.4 is 10.6 Å². The number of amides is 1. The molecule has 0 bridgehead atoms. The van der Waals surface area contributed by atoms with Crippen LogP contribution in [0.15, 0.2) is 35.1 Å². The molecule has 2 aromatic rings. The number of halogens is 1. The highest BCUT2D eigenvalue weighted by Gasteiger charge is 2.12. The van der Waals surface area contributed by atoms with E-state index in [-0.39, 0.29) is 5.91 Å². The fourth-order valence-corrected chi connectivity index (χ4v) is 1.76. The molecule has 0 saturated carbocycles. The van der Waals surface area contributed by atoms with E-state index in [2.05, 4.69) is 15.6 Å². The fourth-order valence-electron chi connectivity index (χ4n) is 1.57. The van der Waals surface area contributed by atoms with Crippen LogP contribution in [0.2, 0.25) is 5.02 Å². The second-order valence-corrected chi connectivity index (χ2v) is 4.25. The summed E-state index contributed by atoms with van der Waals surface area (Å²) in [6, 6.07) is 5.19. The first-order valence-corrected chi connectivity index (χ1v) is 6.28. The van der Waals surface area contributed by atoms with Gasteiger partial charge < -0.3 is 15.1 Å². The average Bonchev–Trinajstić information content (AvgIpc) is 2.92. The summed E-state index contributed by atoms with van der Waals surface area (Å²) in [5.41, 5.74) is 0.388. The average molecular weight is 280 g/mol. The van der Waals surface area contributed by atoms with E-state index in [4.69, 9.17) is 16.0 Å². The third-order valence-corrected chi connectivity index (χ3v) is 2.76. The van der Waals surface area contributed by atoms with Crippen molar-refractivity contribution in [3.8, 4) is 0 Å². The van der Waals surface area contributed by atoms with Crippen LogP contribution in [0.1, 0.15) is 23.0 Å². The van der Waals surface area contributed by atoms with Crippen LogP contribution in [0.5, 0.6) is 0 Å². The summed E-state index contributed by atoms with van der Waals surface area (Å²) in [5, 5.41) is 6.09. The predicted molar refractivity (Wildman–Crippen MR) is 73.3 cm³/mol. The van der Waals surface area contributed by atoms with Crippen LogP contribution in [0.25, 0.3) is 0 Å². The highest BCUT2D eigenvalue weighted by molar-refractivity contribution is 6.33. The van der Waals surface area contributed by atoms with E-state index in [1.165, 1.54) is 6.20 Å². The van der Waals surface area contributed by atoms with Crippen molar-refractivity contribution in [2.24, 2.45) is 0 Å². The van der Waals surface area contributed by atoms with Crippen molar-refractivity contribution in [3.63, 3.8) is 0 Å². The molecular formula is C13H14ClN3O2. The summed E-state index contributed by atoms with van der Waals surface area (Å²) >= 11 is 5.98. The number of furan rings is 1. The molecule has 0 saturated heterocycles. The van der Waals surface area contributed by atoms with Crippen molar-refractivity contribution in [3.05, 3.63) is 47.0 Å². The maximum atomic E-state index is 12.0. The number of hydrogen-bond donors (Lipinski definition) is 2. The smallest absolute Gasteiger partial charge is 0.253 e. The Morgan fingerprint density at radius 1 is 1.53 bits per heavy atom. The standard InChI is InChI=1S/C13H14ClN3O2/c1-2-15-12-6-10(11(14)8-16-12)13(18)17-7-9-4-3-5-19-9/h3-6,8H,2,7H2,1H3,(H,15,16)(H,17,18). The van der Waals surface area contributed by atoms with E-state index in [0.717, 1.165) is 6.54 Å². The number of hydrogen-bond acceptors (Lipinski definition) is 4. The molecule has 2 aromatic heterocycles. The zero-order valence-corrected chi connectivity index (χ0v) is 11.2. The van der Waals surface area contributed by atoms with E-state index in [1.54, 1.807) is 24.5 Å². The Kier molecular flexibility index (Phi) is 4.41. The Hall–Kier alpha value is -2.01. The van der Waals surface area contributed by atoms with Gasteiger partial charge in [0.15, 0.2) is 0 Å². The van der Waals surface area contributed by atoms with Gasteiger partial charge in [0.25, 0.3) is 5.91 Å². The van der Waals surface area contributed by atoms with Crippen molar-refractivity contribution in [1.29, 1.82) is 0 Å². The number of carbonyl (C=O) groups is 1. The first-order valence-electron chi connectivity index (χ1n) is 5.90. The van der Waals surface area contributed by atoms with Gasteiger partial charge in [0, 0.05) is 12.7 Å². The molecular weight excluding hydrogens is 266 g/mol. The molecule has 0 atom stereocenters. The molecule has 0 radical (unpaired) electrons. The molecule has 19 heavy (non-hydrogen) atoms. The predicted octanol–water partition coefficient (Wildman–Crippen LogP) is 2.69. The van der Waals surface area contributed by atoms with Crippen LogP contribution in [-0.2, 0) is 6.54 Å². The van der Waals surface area contributed by atoms with Gasteiger partial charge in [-0.05, 0) is 25.1 Å². The number of anilines is 1. The summed E-state index contributed by atoms with van der Waals surface area (Å²) < 4.78 is 5.14. The van der Waals surface area contributed by atoms with Crippen molar-refractivity contribution >= 4 is 23.3 Å². The zero-order valence-electron chi connectivity index (χ0n) is 10.4. The van der Waals surface area contributed by atoms with Crippen molar-refractivity contribution in [1.82, 2.24) is 10.3 Å². The summed E-state index contributed by atoms with van der Waals surface area (Å²) in [5.74, 6) is 1.04. The molecule has 1 amide bonds. The van der Waals surface area contributed by atoms with E-state index >= 15 is 0 Å². The van der Waals surface area contributed by atoms with Gasteiger partial charge in [0.1, 0.15) is 11.6 Å². The van der Waals surface area contributed by atoms with Crippen molar-refractivity contribution in [2.45, 2.75) is 13.5 Å². The number of carbonyl (C=O) groups excluding carboxylic acids is 1. The monoisotopic (exact) mass is 279 g/mol. The highest BCUT2D eigenvalue weighted by Crippen LogP contribution is 2.18. The van der Waals surface area contributed by atoms with Gasteiger partial charge >= 0.3 is 0 Å². The molecule has 0 aliphatic heterocycles. The van der Waals surface area contributed by atoms with Gasteiger partial charge in [-0.25, -0.2) is 4.98 Å². The molecule has 0 aliphatic carbocycles. The van der Waals surface area contributed by atoms with Gasteiger partial charge in [0.05, 0.1) is 23.4 Å². The summed E-state index contributed by atoms with van der Waals surface area (Å²) in [6.07, 6.45) is 3.02. The second-order valence-electron chi connectivity index (χ2n) is 3.84. The lowest BCUT2D eigenvalue weighted by atomic mass is 10.2. The molecule has 2 rings (SSSR count). The number of nitrogens with zero attached hydrogens (tertiary/aromatic N) is 1. The summed E-state index contributed by atoms with van der Waals surface area (Å²) in [4.78, 5) is 16.1. The third kappa shape index (κ3) is 3.48. The number of rotatable bonds is 5. The Balaban J connectivity index is 2.07. The summed E-state index contributed by atoms with van der Waals surface area (Å²) in [6.45, 7) is 3.00. The Labute approximate surface area is 116 Å². The minimum absolute atomic E-state index is 0.261. The Morgan fingerprint density at radius 2 is 2.37 bits per heavy atom. The highest BCUT2D eigenvalue weighted by atomic mass is 35.5. The molecule has 100 valence electrons. The minimum atomic E-state index is -0.261. The van der Waals surface area contributed by atoms with Gasteiger partial charge in [-0.3, -0.25) is 4.79 Å². The normalized spacial score (nSPS) is 10.2. The first kappa shape index (κ1) is 13.4. The molecule has 0 aliphatic rings. The van der Waals surface area contributed by atoms with Crippen molar-refractivity contribution < 1.29 is 9.21 Å². The second kappa shape index (κ2) is 6.24. The van der Waals surface area contributed by atoms with Crippen LogP contribution in [0.4, 0.5) is 5.82 Å². The molecule has 0 fully saturated rings. The lowest BCUT2D eigenvalue weighted by Gasteiger charge is -2.08. The van der Waals surface area contributed by atoms with Gasteiger partial charge in [-0.15, -0.1) is 0 Å². The van der Waals surface area contributed by atoms with E-state index in [0.29, 0.717) is 28.7 Å². The maximum Gasteiger partial charge on any atom is 0.253 e. The molecule has 0 aromatic carbocycles. The Morgan fingerprint density at radius 3 is 3.05 bits per heavy atom. The van der Waals surface area contributed by atoms with Gasteiger partial charge in [-0.2, -0.15) is 0 Å². The molecule has 2 N–H and O–H groups in total. The Bertz CT molecular complexity index is 555. The molecule has 6 heteroatoms. The van der Waals surface area contributed by atoms with Crippen LogP contribution in [0.3, 0.4) is 0 Å². The number of aromatic nitrogens is 1. The lowest BCUT2D eigenvalue weighted by Crippen LogP contribution is -2.23. The topological polar surface area (TPSA) is 67.2 Å². The summed E-state index contributed by atoms with van der Waals surface area (Å²) in [7, 11) is 0.